The Kier molecular flexibility index (Phi) is 3.02. The van der Waals surface area contributed by atoms with Crippen molar-refractivity contribution in [1.82, 2.24) is 20.3 Å². The van der Waals surface area contributed by atoms with Crippen LogP contribution >= 0.6 is 0 Å². The number of fused-ring (bicyclic) bond motifs is 1. The highest BCUT2D eigenvalue weighted by molar-refractivity contribution is 5.97. The first kappa shape index (κ1) is 12.5. The molecule has 0 saturated heterocycles. The molecule has 3 rings (SSSR count). The molecule has 0 bridgehead atoms. The van der Waals surface area contributed by atoms with Crippen LogP contribution in [0, 0.1) is 13.8 Å². The van der Waals surface area contributed by atoms with Gasteiger partial charge in [0.05, 0.1) is 17.4 Å². The van der Waals surface area contributed by atoms with Gasteiger partial charge in [-0.2, -0.15) is 0 Å². The predicted molar refractivity (Wildman–Crippen MR) is 77.5 cm³/mol. The highest BCUT2D eigenvalue weighted by Crippen LogP contribution is 2.12. The predicted octanol–water partition coefficient (Wildman–Crippen LogP) is 2.44. The van der Waals surface area contributed by atoms with Crippen molar-refractivity contribution in [2.24, 2.45) is 0 Å². The molecule has 0 aliphatic carbocycles. The van der Waals surface area contributed by atoms with Gasteiger partial charge in [0.15, 0.2) is 0 Å². The van der Waals surface area contributed by atoms with Crippen molar-refractivity contribution < 1.29 is 4.79 Å². The van der Waals surface area contributed by atoms with Gasteiger partial charge in [-0.25, -0.2) is 4.98 Å². The lowest BCUT2D eigenvalue weighted by Gasteiger charge is -2.05. The zero-order valence-electron chi connectivity index (χ0n) is 11.4. The van der Waals surface area contributed by atoms with Crippen LogP contribution in [0.1, 0.15) is 27.3 Å². The van der Waals surface area contributed by atoms with Crippen molar-refractivity contribution in [2.45, 2.75) is 20.4 Å². The van der Waals surface area contributed by atoms with E-state index >= 15 is 0 Å². The molecule has 1 amide bonds. The quantitative estimate of drug-likeness (QED) is 0.682. The van der Waals surface area contributed by atoms with Gasteiger partial charge in [-0.3, -0.25) is 4.79 Å². The molecule has 0 atom stereocenters. The number of amides is 1. The average Bonchev–Trinajstić information content (AvgIpc) is 3.01. The molecule has 102 valence electrons. The Morgan fingerprint density at radius 1 is 1.30 bits per heavy atom. The monoisotopic (exact) mass is 268 g/mol. The zero-order chi connectivity index (χ0) is 14.1. The summed E-state index contributed by atoms with van der Waals surface area (Å²) in [6.45, 7) is 4.53. The number of nitrogens with zero attached hydrogens (tertiary/aromatic N) is 1. The van der Waals surface area contributed by atoms with Gasteiger partial charge in [0.25, 0.3) is 5.91 Å². The number of nitrogens with one attached hydrogen (secondary N) is 3. The SMILES string of the molecule is Cc1cc(CNC(=O)c2ccc3nc[nH]c3c2)c(C)[nH]1. The third-order valence-corrected chi connectivity index (χ3v) is 3.38. The summed E-state index contributed by atoms with van der Waals surface area (Å²) in [5, 5.41) is 2.93. The van der Waals surface area contributed by atoms with E-state index < -0.39 is 0 Å². The maximum absolute atomic E-state index is 12.1. The van der Waals surface area contributed by atoms with E-state index in [1.54, 1.807) is 12.4 Å². The minimum atomic E-state index is -0.0836. The second-order valence-electron chi connectivity index (χ2n) is 4.92. The molecule has 0 aliphatic rings. The van der Waals surface area contributed by atoms with Crippen molar-refractivity contribution in [2.75, 3.05) is 0 Å². The Morgan fingerprint density at radius 3 is 2.90 bits per heavy atom. The standard InChI is InChI=1S/C15H16N4O/c1-9-5-12(10(2)19-9)7-16-15(20)11-3-4-13-14(6-11)18-8-17-13/h3-6,8,19H,7H2,1-2H3,(H,16,20)(H,17,18). The van der Waals surface area contributed by atoms with Gasteiger partial charge < -0.3 is 15.3 Å². The van der Waals surface area contributed by atoms with Crippen molar-refractivity contribution >= 4 is 16.9 Å². The number of hydrogen-bond donors (Lipinski definition) is 3. The summed E-state index contributed by atoms with van der Waals surface area (Å²) in [7, 11) is 0. The van der Waals surface area contributed by atoms with E-state index in [0.29, 0.717) is 12.1 Å². The van der Waals surface area contributed by atoms with Crippen molar-refractivity contribution in [1.29, 1.82) is 0 Å². The molecule has 0 fully saturated rings. The van der Waals surface area contributed by atoms with Gasteiger partial charge in [0.2, 0.25) is 0 Å². The molecule has 0 saturated carbocycles. The van der Waals surface area contributed by atoms with Crippen LogP contribution in [-0.4, -0.2) is 20.9 Å². The molecular weight excluding hydrogens is 252 g/mol. The summed E-state index contributed by atoms with van der Waals surface area (Å²) in [6, 6.07) is 7.49. The first-order chi connectivity index (χ1) is 9.63. The molecule has 20 heavy (non-hydrogen) atoms. The van der Waals surface area contributed by atoms with E-state index in [1.807, 2.05) is 32.0 Å². The van der Waals surface area contributed by atoms with Crippen molar-refractivity contribution in [3.05, 3.63) is 53.1 Å². The topological polar surface area (TPSA) is 73.6 Å². The Bertz CT molecular complexity index is 769. The highest BCUT2D eigenvalue weighted by Gasteiger charge is 2.08. The molecule has 5 heteroatoms. The molecule has 2 heterocycles. The minimum Gasteiger partial charge on any atom is -0.362 e. The number of aromatic nitrogens is 3. The summed E-state index contributed by atoms with van der Waals surface area (Å²) < 4.78 is 0. The summed E-state index contributed by atoms with van der Waals surface area (Å²) in [5.74, 6) is -0.0836. The summed E-state index contributed by atoms with van der Waals surface area (Å²) in [6.07, 6.45) is 1.62. The number of hydrogen-bond acceptors (Lipinski definition) is 2. The largest absolute Gasteiger partial charge is 0.362 e. The van der Waals surface area contributed by atoms with E-state index in [4.69, 9.17) is 0 Å². The van der Waals surface area contributed by atoms with Crippen LogP contribution in [0.5, 0.6) is 0 Å². The fraction of sp³-hybridized carbons (Fsp3) is 0.200. The molecule has 0 radical (unpaired) electrons. The van der Waals surface area contributed by atoms with Gasteiger partial charge in [0, 0.05) is 23.5 Å². The lowest BCUT2D eigenvalue weighted by Crippen LogP contribution is -2.22. The van der Waals surface area contributed by atoms with Crippen LogP contribution in [0.2, 0.25) is 0 Å². The van der Waals surface area contributed by atoms with Gasteiger partial charge in [0.1, 0.15) is 0 Å². The summed E-state index contributed by atoms with van der Waals surface area (Å²) in [4.78, 5) is 22.5. The van der Waals surface area contributed by atoms with Gasteiger partial charge >= 0.3 is 0 Å². The molecule has 3 aromatic rings. The normalized spacial score (nSPS) is 10.9. The van der Waals surface area contributed by atoms with E-state index in [9.17, 15) is 4.79 Å². The van der Waals surface area contributed by atoms with Crippen molar-refractivity contribution in [3.8, 4) is 0 Å². The summed E-state index contributed by atoms with van der Waals surface area (Å²) >= 11 is 0. The maximum Gasteiger partial charge on any atom is 0.251 e. The lowest BCUT2D eigenvalue weighted by molar-refractivity contribution is 0.0951. The van der Waals surface area contributed by atoms with Crippen LogP contribution in [0.25, 0.3) is 11.0 Å². The fourth-order valence-electron chi connectivity index (χ4n) is 2.32. The zero-order valence-corrected chi connectivity index (χ0v) is 11.4. The number of carbonyl (C=O) groups excluding carboxylic acids is 1. The Hall–Kier alpha value is -2.56. The Labute approximate surface area is 116 Å². The number of H-pyrrole nitrogens is 2. The van der Waals surface area contributed by atoms with Gasteiger partial charge in [-0.1, -0.05) is 0 Å². The fourth-order valence-corrected chi connectivity index (χ4v) is 2.32. The van der Waals surface area contributed by atoms with Gasteiger partial charge in [-0.05, 0) is 43.7 Å². The third-order valence-electron chi connectivity index (χ3n) is 3.38. The van der Waals surface area contributed by atoms with Gasteiger partial charge in [-0.15, -0.1) is 0 Å². The number of carbonyl (C=O) groups is 1. The van der Waals surface area contributed by atoms with Crippen LogP contribution in [0.15, 0.2) is 30.6 Å². The minimum absolute atomic E-state index is 0.0836. The number of imidazole rings is 1. The number of benzene rings is 1. The number of rotatable bonds is 3. The van der Waals surface area contributed by atoms with E-state index in [-0.39, 0.29) is 5.91 Å². The Balaban J connectivity index is 1.74. The molecule has 0 spiro atoms. The molecule has 2 aromatic heterocycles. The maximum atomic E-state index is 12.1. The molecular formula is C15H16N4O. The second-order valence-corrected chi connectivity index (χ2v) is 4.92. The second kappa shape index (κ2) is 4.85. The van der Waals surface area contributed by atoms with E-state index in [1.165, 1.54) is 0 Å². The number of aromatic amines is 2. The van der Waals surface area contributed by atoms with Crippen LogP contribution in [-0.2, 0) is 6.54 Å². The molecule has 0 aliphatic heterocycles. The highest BCUT2D eigenvalue weighted by atomic mass is 16.1. The lowest BCUT2D eigenvalue weighted by atomic mass is 10.2. The molecule has 5 nitrogen and oxygen atoms in total. The van der Waals surface area contributed by atoms with Crippen LogP contribution < -0.4 is 5.32 Å². The van der Waals surface area contributed by atoms with Crippen LogP contribution in [0.4, 0.5) is 0 Å². The van der Waals surface area contributed by atoms with Crippen molar-refractivity contribution in [3.63, 3.8) is 0 Å². The number of aryl methyl sites for hydroxylation is 2. The molecule has 3 N–H and O–H groups in total. The molecule has 1 aromatic carbocycles. The first-order valence-electron chi connectivity index (χ1n) is 6.50. The van der Waals surface area contributed by atoms with E-state index in [2.05, 4.69) is 20.3 Å². The average molecular weight is 268 g/mol. The first-order valence-corrected chi connectivity index (χ1v) is 6.50. The summed E-state index contributed by atoms with van der Waals surface area (Å²) in [5.41, 5.74) is 5.66. The van der Waals surface area contributed by atoms with E-state index in [0.717, 1.165) is 28.0 Å². The molecule has 0 unspecified atom stereocenters. The Morgan fingerprint density at radius 2 is 2.15 bits per heavy atom. The third kappa shape index (κ3) is 2.30. The smallest absolute Gasteiger partial charge is 0.251 e. The van der Waals surface area contributed by atoms with Crippen LogP contribution in [0.3, 0.4) is 0 Å².